The van der Waals surface area contributed by atoms with Crippen LogP contribution in [-0.2, 0) is 9.53 Å². The number of rotatable bonds is 3. The van der Waals surface area contributed by atoms with Gasteiger partial charge < -0.3 is 24.4 Å². The number of nitrogens with zero attached hydrogens (tertiary/aromatic N) is 2. The number of carboxylic acid groups (broad SMARTS) is 1. The fourth-order valence-electron chi connectivity index (χ4n) is 3.30. The van der Waals surface area contributed by atoms with Crippen LogP contribution in [0.5, 0.6) is 5.75 Å². The SMILES string of the molecule is COc1cc(C(=O)O)cc(C(=O)N2CC[C@@]3(CN(C)C(=O)CO3)C2)c1. The summed E-state index contributed by atoms with van der Waals surface area (Å²) in [5.41, 5.74) is -0.294. The molecule has 25 heavy (non-hydrogen) atoms. The zero-order valence-electron chi connectivity index (χ0n) is 14.2. The topological polar surface area (TPSA) is 96.4 Å². The third-order valence-corrected chi connectivity index (χ3v) is 4.69. The molecular weight excluding hydrogens is 328 g/mol. The maximum absolute atomic E-state index is 12.8. The van der Waals surface area contributed by atoms with E-state index in [4.69, 9.17) is 9.47 Å². The van der Waals surface area contributed by atoms with Gasteiger partial charge >= 0.3 is 5.97 Å². The molecule has 134 valence electrons. The number of carboxylic acids is 1. The van der Waals surface area contributed by atoms with E-state index in [1.165, 1.54) is 25.3 Å². The largest absolute Gasteiger partial charge is 0.497 e. The highest BCUT2D eigenvalue weighted by Crippen LogP contribution is 2.30. The second-order valence-electron chi connectivity index (χ2n) is 6.45. The number of aromatic carboxylic acids is 1. The number of hydrogen-bond donors (Lipinski definition) is 1. The Morgan fingerprint density at radius 3 is 2.60 bits per heavy atom. The van der Waals surface area contributed by atoms with Crippen molar-refractivity contribution in [3.05, 3.63) is 29.3 Å². The van der Waals surface area contributed by atoms with Gasteiger partial charge in [0.05, 0.1) is 25.8 Å². The molecule has 8 nitrogen and oxygen atoms in total. The Bertz CT molecular complexity index is 734. The maximum Gasteiger partial charge on any atom is 0.335 e. The highest BCUT2D eigenvalue weighted by Gasteiger charge is 2.45. The first kappa shape index (κ1) is 17.2. The van der Waals surface area contributed by atoms with Gasteiger partial charge in [0.15, 0.2) is 0 Å². The first-order valence-electron chi connectivity index (χ1n) is 7.93. The van der Waals surface area contributed by atoms with Crippen LogP contribution in [0, 0.1) is 0 Å². The average Bonchev–Trinajstić information content (AvgIpc) is 3.01. The minimum atomic E-state index is -1.12. The molecule has 8 heteroatoms. The minimum Gasteiger partial charge on any atom is -0.497 e. The molecule has 1 aromatic rings. The molecule has 2 saturated heterocycles. The molecule has 2 heterocycles. The molecule has 1 N–H and O–H groups in total. The third-order valence-electron chi connectivity index (χ3n) is 4.69. The molecule has 0 bridgehead atoms. The minimum absolute atomic E-state index is 0.00384. The van der Waals surface area contributed by atoms with Crippen LogP contribution in [0.4, 0.5) is 0 Å². The van der Waals surface area contributed by atoms with Gasteiger partial charge in [0, 0.05) is 19.2 Å². The molecule has 1 spiro atoms. The van der Waals surface area contributed by atoms with Gasteiger partial charge in [-0.3, -0.25) is 9.59 Å². The van der Waals surface area contributed by atoms with Gasteiger partial charge in [-0.25, -0.2) is 4.79 Å². The van der Waals surface area contributed by atoms with E-state index in [-0.39, 0.29) is 29.5 Å². The Morgan fingerprint density at radius 2 is 1.96 bits per heavy atom. The van der Waals surface area contributed by atoms with E-state index in [2.05, 4.69) is 0 Å². The molecule has 0 saturated carbocycles. The summed E-state index contributed by atoms with van der Waals surface area (Å²) in [7, 11) is 3.14. The van der Waals surface area contributed by atoms with E-state index >= 15 is 0 Å². The summed E-state index contributed by atoms with van der Waals surface area (Å²) in [6, 6.07) is 4.24. The molecule has 2 aliphatic heterocycles. The van der Waals surface area contributed by atoms with Crippen LogP contribution in [0.15, 0.2) is 18.2 Å². The van der Waals surface area contributed by atoms with Crippen molar-refractivity contribution in [1.82, 2.24) is 9.80 Å². The second kappa shape index (κ2) is 6.36. The Hall–Kier alpha value is -2.61. The third kappa shape index (κ3) is 3.30. The summed E-state index contributed by atoms with van der Waals surface area (Å²) >= 11 is 0. The lowest BCUT2D eigenvalue weighted by atomic mass is 10.0. The van der Waals surface area contributed by atoms with Crippen LogP contribution < -0.4 is 4.74 Å². The highest BCUT2D eigenvalue weighted by molar-refractivity contribution is 5.98. The fourth-order valence-corrected chi connectivity index (χ4v) is 3.30. The van der Waals surface area contributed by atoms with Gasteiger partial charge in [-0.1, -0.05) is 0 Å². The number of amides is 2. The molecule has 0 radical (unpaired) electrons. The van der Waals surface area contributed by atoms with Crippen molar-refractivity contribution in [2.75, 3.05) is 40.4 Å². The molecule has 0 aromatic heterocycles. The van der Waals surface area contributed by atoms with Gasteiger partial charge in [0.1, 0.15) is 18.0 Å². The van der Waals surface area contributed by atoms with E-state index < -0.39 is 11.6 Å². The zero-order chi connectivity index (χ0) is 18.2. The Kier molecular flexibility index (Phi) is 4.38. The van der Waals surface area contributed by atoms with Crippen LogP contribution >= 0.6 is 0 Å². The number of methoxy groups -OCH3 is 1. The molecule has 0 unspecified atom stereocenters. The normalized spacial score (nSPS) is 23.2. The van der Waals surface area contributed by atoms with E-state index in [9.17, 15) is 19.5 Å². The monoisotopic (exact) mass is 348 g/mol. The summed E-state index contributed by atoms with van der Waals surface area (Å²) < 4.78 is 10.8. The Morgan fingerprint density at radius 1 is 1.24 bits per heavy atom. The predicted molar refractivity (Wildman–Crippen MR) is 86.8 cm³/mol. The van der Waals surface area contributed by atoms with Crippen molar-refractivity contribution in [2.45, 2.75) is 12.0 Å². The van der Waals surface area contributed by atoms with Crippen LogP contribution in [0.3, 0.4) is 0 Å². The number of benzene rings is 1. The van der Waals surface area contributed by atoms with Crippen molar-refractivity contribution in [2.24, 2.45) is 0 Å². The lowest BCUT2D eigenvalue weighted by Crippen LogP contribution is -2.54. The average molecular weight is 348 g/mol. The zero-order valence-corrected chi connectivity index (χ0v) is 14.2. The van der Waals surface area contributed by atoms with Crippen molar-refractivity contribution in [3.8, 4) is 5.75 Å². The van der Waals surface area contributed by atoms with Gasteiger partial charge in [-0.05, 0) is 24.6 Å². The first-order chi connectivity index (χ1) is 11.8. The van der Waals surface area contributed by atoms with E-state index in [0.29, 0.717) is 31.8 Å². The summed E-state index contributed by atoms with van der Waals surface area (Å²) in [5.74, 6) is -1.16. The molecule has 0 aliphatic carbocycles. The number of likely N-dealkylation sites (N-methyl/N-ethyl adjacent to an activating group) is 1. The van der Waals surface area contributed by atoms with E-state index in [1.807, 2.05) is 0 Å². The van der Waals surface area contributed by atoms with Crippen molar-refractivity contribution in [1.29, 1.82) is 0 Å². The smallest absolute Gasteiger partial charge is 0.335 e. The lowest BCUT2D eigenvalue weighted by Gasteiger charge is -2.38. The van der Waals surface area contributed by atoms with Gasteiger partial charge in [0.2, 0.25) is 5.91 Å². The Labute approximate surface area is 144 Å². The van der Waals surface area contributed by atoms with Gasteiger partial charge in [-0.15, -0.1) is 0 Å². The summed E-state index contributed by atoms with van der Waals surface area (Å²) in [6.07, 6.45) is 0.631. The summed E-state index contributed by atoms with van der Waals surface area (Å²) in [5, 5.41) is 9.19. The predicted octanol–water partition coefficient (Wildman–Crippen LogP) is 0.467. The van der Waals surface area contributed by atoms with E-state index in [1.54, 1.807) is 16.8 Å². The molecule has 1 aromatic carbocycles. The number of likely N-dealkylation sites (tertiary alicyclic amines) is 1. The van der Waals surface area contributed by atoms with Crippen molar-refractivity contribution < 1.29 is 29.0 Å². The molecule has 2 amide bonds. The number of ether oxygens (including phenoxy) is 2. The number of hydrogen-bond acceptors (Lipinski definition) is 5. The molecule has 2 aliphatic rings. The fraction of sp³-hybridized carbons (Fsp3) is 0.471. The van der Waals surface area contributed by atoms with E-state index in [0.717, 1.165) is 0 Å². The number of morpholine rings is 1. The maximum atomic E-state index is 12.8. The lowest BCUT2D eigenvalue weighted by molar-refractivity contribution is -0.158. The highest BCUT2D eigenvalue weighted by atomic mass is 16.5. The quantitative estimate of drug-likeness (QED) is 0.853. The summed E-state index contributed by atoms with van der Waals surface area (Å²) in [4.78, 5) is 38.9. The molecule has 2 fully saturated rings. The van der Waals surface area contributed by atoms with Gasteiger partial charge in [-0.2, -0.15) is 0 Å². The number of carbonyl (C=O) groups excluding carboxylic acids is 2. The van der Waals surface area contributed by atoms with Gasteiger partial charge in [0.25, 0.3) is 5.91 Å². The van der Waals surface area contributed by atoms with Crippen molar-refractivity contribution >= 4 is 17.8 Å². The van der Waals surface area contributed by atoms with Crippen LogP contribution in [0.1, 0.15) is 27.1 Å². The molecule has 3 rings (SSSR count). The van der Waals surface area contributed by atoms with Crippen LogP contribution in [0.2, 0.25) is 0 Å². The second-order valence-corrected chi connectivity index (χ2v) is 6.45. The molecular formula is C17H20N2O6. The van der Waals surface area contributed by atoms with Crippen LogP contribution in [-0.4, -0.2) is 78.7 Å². The number of carbonyl (C=O) groups is 3. The van der Waals surface area contributed by atoms with Crippen LogP contribution in [0.25, 0.3) is 0 Å². The first-order valence-corrected chi connectivity index (χ1v) is 7.93. The Balaban J connectivity index is 1.79. The standard InChI is InChI=1S/C17H20N2O6/c1-18-9-17(25-8-14(18)20)3-4-19(10-17)15(21)11-5-12(16(22)23)7-13(6-11)24-2/h5-7H,3-4,8-10H2,1-2H3,(H,22,23)/t17-/m1/s1. The summed E-state index contributed by atoms with van der Waals surface area (Å²) in [6.45, 7) is 1.30. The molecule has 1 atom stereocenters. The van der Waals surface area contributed by atoms with Crippen molar-refractivity contribution in [3.63, 3.8) is 0 Å².